The fraction of sp³-hybridized carbons (Fsp3) is 0.146. The maximum Gasteiger partial charge on any atom is 0.343 e. The Labute approximate surface area is 308 Å². The number of benzene rings is 5. The van der Waals surface area contributed by atoms with Crippen LogP contribution in [0.15, 0.2) is 115 Å². The summed E-state index contributed by atoms with van der Waals surface area (Å²) >= 11 is 12.6. The van der Waals surface area contributed by atoms with E-state index in [1.807, 2.05) is 48.5 Å². The molecule has 0 N–H and O–H groups in total. The summed E-state index contributed by atoms with van der Waals surface area (Å²) in [5.74, 6) is -4.89. The molecule has 0 aromatic heterocycles. The second kappa shape index (κ2) is 13.1. The minimum Gasteiger partial charge on any atom is -0.497 e. The minimum absolute atomic E-state index is 0.00598. The average Bonchev–Trinajstić information content (AvgIpc) is 3.43. The van der Waals surface area contributed by atoms with Gasteiger partial charge < -0.3 is 9.47 Å². The molecule has 4 aliphatic rings. The number of esters is 1. The molecule has 258 valence electrons. The summed E-state index contributed by atoms with van der Waals surface area (Å²) in [4.78, 5) is 70.2. The molecule has 3 amide bonds. The first-order chi connectivity index (χ1) is 25.2. The molecule has 2 atom stereocenters. The van der Waals surface area contributed by atoms with E-state index in [0.29, 0.717) is 5.75 Å². The summed E-state index contributed by atoms with van der Waals surface area (Å²) < 4.78 is 10.7. The highest BCUT2D eigenvalue weighted by atomic mass is 35.5. The van der Waals surface area contributed by atoms with Crippen LogP contribution in [0.25, 0.3) is 0 Å². The quantitative estimate of drug-likeness (QED) is 0.0711. The summed E-state index contributed by atoms with van der Waals surface area (Å²) in [6.07, 6.45) is 0. The van der Waals surface area contributed by atoms with E-state index in [1.54, 1.807) is 24.3 Å². The third-order valence-electron chi connectivity index (χ3n) is 10.0. The van der Waals surface area contributed by atoms with E-state index in [9.17, 15) is 24.0 Å². The van der Waals surface area contributed by atoms with Crippen LogP contribution in [-0.4, -0.2) is 53.1 Å². The lowest BCUT2D eigenvalue weighted by molar-refractivity contribution is -0.154. The van der Waals surface area contributed by atoms with E-state index >= 15 is 0 Å². The third kappa shape index (κ3) is 5.44. The topological polar surface area (TPSA) is 110 Å². The zero-order valence-corrected chi connectivity index (χ0v) is 29.0. The van der Waals surface area contributed by atoms with Crippen LogP contribution in [0.1, 0.15) is 65.2 Å². The first-order valence-electron chi connectivity index (χ1n) is 16.5. The van der Waals surface area contributed by atoms with Gasteiger partial charge in [0.25, 0.3) is 17.7 Å². The van der Waals surface area contributed by atoms with Gasteiger partial charge in [-0.1, -0.05) is 77.8 Å². The smallest absolute Gasteiger partial charge is 0.343 e. The van der Waals surface area contributed by atoms with Crippen molar-refractivity contribution in [1.82, 2.24) is 10.0 Å². The number of halogens is 2. The second-order valence-electron chi connectivity index (χ2n) is 12.8. The average molecular weight is 732 g/mol. The van der Waals surface area contributed by atoms with Crippen LogP contribution in [-0.2, 0) is 9.59 Å². The van der Waals surface area contributed by atoms with Crippen molar-refractivity contribution in [3.05, 3.63) is 164 Å². The molecule has 0 spiro atoms. The maximum absolute atomic E-state index is 14.6. The molecule has 5 aromatic carbocycles. The highest BCUT2D eigenvalue weighted by Crippen LogP contribution is 2.61. The van der Waals surface area contributed by atoms with E-state index < -0.39 is 59.7 Å². The molecule has 0 radical (unpaired) electrons. The van der Waals surface area contributed by atoms with Crippen molar-refractivity contribution in [2.75, 3.05) is 13.7 Å². The number of ether oxygens (including phenoxy) is 2. The van der Waals surface area contributed by atoms with E-state index in [0.717, 1.165) is 32.3 Å². The fourth-order valence-corrected chi connectivity index (χ4v) is 8.28. The molecule has 11 heteroatoms. The number of imide groups is 1. The lowest BCUT2D eigenvalue weighted by atomic mass is 9.55. The van der Waals surface area contributed by atoms with Crippen LogP contribution < -0.4 is 9.47 Å². The minimum atomic E-state index is -0.818. The number of hydrazine groups is 1. The van der Waals surface area contributed by atoms with Gasteiger partial charge in [-0.15, -0.1) is 0 Å². The number of hydrogen-bond acceptors (Lipinski definition) is 7. The number of rotatable bonds is 8. The molecular formula is C41H28Cl2N2O7. The molecule has 1 aliphatic heterocycles. The van der Waals surface area contributed by atoms with Gasteiger partial charge in [0.15, 0.2) is 5.78 Å². The van der Waals surface area contributed by atoms with Gasteiger partial charge in [0.2, 0.25) is 0 Å². The molecule has 0 saturated carbocycles. The number of methoxy groups -OCH3 is 1. The van der Waals surface area contributed by atoms with Crippen molar-refractivity contribution in [1.29, 1.82) is 0 Å². The van der Waals surface area contributed by atoms with Gasteiger partial charge in [-0.3, -0.25) is 19.2 Å². The highest BCUT2D eigenvalue weighted by molar-refractivity contribution is 6.36. The van der Waals surface area contributed by atoms with Gasteiger partial charge in [0.1, 0.15) is 18.0 Å². The molecule has 52 heavy (non-hydrogen) atoms. The Bertz CT molecular complexity index is 2210. The van der Waals surface area contributed by atoms with Gasteiger partial charge >= 0.3 is 5.97 Å². The number of ketones is 1. The molecular weight excluding hydrogens is 703 g/mol. The largest absolute Gasteiger partial charge is 0.497 e. The van der Waals surface area contributed by atoms with E-state index in [-0.39, 0.29) is 32.5 Å². The van der Waals surface area contributed by atoms with Crippen molar-refractivity contribution < 1.29 is 33.4 Å². The van der Waals surface area contributed by atoms with Crippen molar-refractivity contribution in [2.45, 2.75) is 11.8 Å². The predicted molar refractivity (Wildman–Crippen MR) is 192 cm³/mol. The standard InChI is InChI=1S/C41H28Cl2N2O7/c1-51-26-8-6-7-23(19-26)41(50)52-25-16-13-22(14-17-25)33(46)21-44(38(47)31-18-15-24(42)20-32(31)43)45-39(48)36-34-27-9-2-3-10-28(27)35(37(36)40(45)49)30-12-5-4-11-29(30)34/h2-20,34-37H,21H2,1H3/t34?,35?,36-,37+. The number of carbonyl (C=O) groups excluding carboxylic acids is 5. The Morgan fingerprint density at radius 1 is 0.673 bits per heavy atom. The van der Waals surface area contributed by atoms with Crippen LogP contribution >= 0.6 is 23.2 Å². The lowest BCUT2D eigenvalue weighted by Gasteiger charge is -2.45. The molecule has 2 bridgehead atoms. The van der Waals surface area contributed by atoms with Crippen LogP contribution in [0.3, 0.4) is 0 Å². The van der Waals surface area contributed by atoms with Gasteiger partial charge in [0.05, 0.1) is 35.1 Å². The van der Waals surface area contributed by atoms with E-state index in [4.69, 9.17) is 32.7 Å². The van der Waals surface area contributed by atoms with E-state index in [1.165, 1.54) is 49.6 Å². The summed E-state index contributed by atoms with van der Waals surface area (Å²) in [5.41, 5.74) is 4.26. The molecule has 9 rings (SSSR count). The Morgan fingerprint density at radius 3 is 1.79 bits per heavy atom. The molecule has 3 aliphatic carbocycles. The maximum atomic E-state index is 14.6. The van der Waals surface area contributed by atoms with Crippen molar-refractivity contribution in [3.8, 4) is 11.5 Å². The number of amides is 3. The molecule has 5 aromatic rings. The molecule has 1 fully saturated rings. The Morgan fingerprint density at radius 2 is 1.25 bits per heavy atom. The molecule has 9 nitrogen and oxygen atoms in total. The number of hydrogen-bond donors (Lipinski definition) is 0. The molecule has 0 unspecified atom stereocenters. The summed E-state index contributed by atoms with van der Waals surface area (Å²) in [6, 6.07) is 32.1. The summed E-state index contributed by atoms with van der Waals surface area (Å²) in [5, 5.41) is 2.02. The first-order valence-corrected chi connectivity index (χ1v) is 17.2. The number of nitrogens with zero attached hydrogens (tertiary/aromatic N) is 2. The Balaban J connectivity index is 1.12. The third-order valence-corrected chi connectivity index (χ3v) is 10.6. The SMILES string of the molecule is COc1cccc(C(=O)Oc2ccc(C(=O)CN(C(=O)c3ccc(Cl)cc3Cl)N3C(=O)[C@@H]4C5c6ccccc6C(c6ccccc65)[C@@H]4C3=O)cc2)c1. The summed E-state index contributed by atoms with van der Waals surface area (Å²) in [6.45, 7) is -0.660. The van der Waals surface area contributed by atoms with Gasteiger partial charge in [0, 0.05) is 22.4 Å². The normalized spacial score (nSPS) is 19.4. The Hall–Kier alpha value is -5.77. The second-order valence-corrected chi connectivity index (χ2v) is 13.7. The highest BCUT2D eigenvalue weighted by Gasteiger charge is 2.63. The predicted octanol–water partition coefficient (Wildman–Crippen LogP) is 7.35. The lowest BCUT2D eigenvalue weighted by Crippen LogP contribution is -2.52. The Kier molecular flexibility index (Phi) is 8.40. The molecule has 1 heterocycles. The van der Waals surface area contributed by atoms with Gasteiger partial charge in [-0.25, -0.2) is 9.80 Å². The zero-order valence-electron chi connectivity index (χ0n) is 27.5. The van der Waals surface area contributed by atoms with Gasteiger partial charge in [-0.05, 0) is 82.9 Å². The number of Topliss-reactive ketones (excluding diaryl/α,β-unsaturated/α-hetero) is 1. The number of carbonyl (C=O) groups is 5. The monoisotopic (exact) mass is 730 g/mol. The molecule has 1 saturated heterocycles. The van der Waals surface area contributed by atoms with Crippen LogP contribution in [0.4, 0.5) is 0 Å². The van der Waals surface area contributed by atoms with E-state index in [2.05, 4.69) is 0 Å². The van der Waals surface area contributed by atoms with Gasteiger partial charge in [-0.2, -0.15) is 5.01 Å². The fourth-order valence-electron chi connectivity index (χ4n) is 7.79. The van der Waals surface area contributed by atoms with Crippen LogP contribution in [0.5, 0.6) is 11.5 Å². The van der Waals surface area contributed by atoms with Crippen molar-refractivity contribution >= 4 is 52.7 Å². The van der Waals surface area contributed by atoms with Crippen molar-refractivity contribution in [2.24, 2.45) is 11.8 Å². The van der Waals surface area contributed by atoms with Crippen LogP contribution in [0, 0.1) is 11.8 Å². The zero-order chi connectivity index (χ0) is 36.3. The first kappa shape index (κ1) is 33.4. The van der Waals surface area contributed by atoms with Crippen LogP contribution in [0.2, 0.25) is 10.0 Å². The summed E-state index contributed by atoms with van der Waals surface area (Å²) in [7, 11) is 1.49. The van der Waals surface area contributed by atoms with Crippen molar-refractivity contribution in [3.63, 3.8) is 0 Å².